The van der Waals surface area contributed by atoms with Gasteiger partial charge >= 0.3 is 0 Å². The van der Waals surface area contributed by atoms with Crippen LogP contribution in [0, 0.1) is 0 Å². The molecule has 0 saturated carbocycles. The van der Waals surface area contributed by atoms with Crippen LogP contribution < -0.4 is 10.1 Å². The predicted molar refractivity (Wildman–Crippen MR) is 73.0 cm³/mol. The van der Waals surface area contributed by atoms with E-state index in [1.807, 2.05) is 24.4 Å². The topological polar surface area (TPSA) is 47.0 Å². The second-order valence-electron chi connectivity index (χ2n) is 3.96. The van der Waals surface area contributed by atoms with Crippen molar-refractivity contribution in [2.45, 2.75) is 19.4 Å². The summed E-state index contributed by atoms with van der Waals surface area (Å²) < 4.78 is 13.8. The highest BCUT2D eigenvalue weighted by Gasteiger charge is 2.15. The van der Waals surface area contributed by atoms with Crippen LogP contribution in [0.2, 0.25) is 0 Å². The van der Waals surface area contributed by atoms with Crippen molar-refractivity contribution in [3.05, 3.63) is 41.7 Å². The maximum absolute atomic E-state index is 5.38. The van der Waals surface area contributed by atoms with E-state index < -0.39 is 0 Å². The number of benzene rings is 1. The molecule has 0 fully saturated rings. The zero-order valence-electron chi connectivity index (χ0n) is 10.6. The first-order valence-corrected chi connectivity index (χ1v) is 6.71. The number of rotatable bonds is 6. The molecule has 4 nitrogen and oxygen atoms in total. The van der Waals surface area contributed by atoms with Crippen LogP contribution in [-0.4, -0.2) is 22.4 Å². The van der Waals surface area contributed by atoms with Crippen LogP contribution in [0.25, 0.3) is 0 Å². The second kappa shape index (κ2) is 6.47. The highest BCUT2D eigenvalue weighted by atomic mass is 32.1. The largest absolute Gasteiger partial charge is 0.496 e. The number of para-hydroxylation sites is 1. The minimum absolute atomic E-state index is 0.185. The van der Waals surface area contributed by atoms with Gasteiger partial charge in [0.05, 0.1) is 36.8 Å². The third-order valence-corrected chi connectivity index (χ3v) is 3.29. The van der Waals surface area contributed by atoms with Crippen LogP contribution in [0.3, 0.4) is 0 Å². The SMILES string of the molecule is CCNC(Cc1ccccc1OC)c1cnsn1. The molecule has 0 aliphatic rings. The number of nitrogens with zero attached hydrogens (tertiary/aromatic N) is 2. The average molecular weight is 263 g/mol. The van der Waals surface area contributed by atoms with Crippen molar-refractivity contribution in [3.63, 3.8) is 0 Å². The van der Waals surface area contributed by atoms with Gasteiger partial charge in [0.25, 0.3) is 0 Å². The monoisotopic (exact) mass is 263 g/mol. The first-order chi connectivity index (χ1) is 8.85. The molecule has 0 amide bonds. The summed E-state index contributed by atoms with van der Waals surface area (Å²) in [5.74, 6) is 0.920. The van der Waals surface area contributed by atoms with Gasteiger partial charge in [0.2, 0.25) is 0 Å². The van der Waals surface area contributed by atoms with Crippen LogP contribution in [-0.2, 0) is 6.42 Å². The zero-order chi connectivity index (χ0) is 12.8. The molecule has 1 N–H and O–H groups in total. The van der Waals surface area contributed by atoms with E-state index in [1.165, 1.54) is 17.3 Å². The Labute approximate surface area is 111 Å². The summed E-state index contributed by atoms with van der Waals surface area (Å²) in [6, 6.07) is 8.26. The van der Waals surface area contributed by atoms with E-state index in [4.69, 9.17) is 4.74 Å². The molecule has 5 heteroatoms. The summed E-state index contributed by atoms with van der Waals surface area (Å²) in [7, 11) is 1.70. The van der Waals surface area contributed by atoms with E-state index in [0.717, 1.165) is 24.4 Å². The van der Waals surface area contributed by atoms with Crippen molar-refractivity contribution in [1.82, 2.24) is 14.1 Å². The van der Waals surface area contributed by atoms with E-state index >= 15 is 0 Å². The van der Waals surface area contributed by atoms with Gasteiger partial charge in [0.15, 0.2) is 0 Å². The molecule has 2 aromatic rings. The van der Waals surface area contributed by atoms with Crippen molar-refractivity contribution in [2.24, 2.45) is 0 Å². The summed E-state index contributed by atoms with van der Waals surface area (Å²) in [6.45, 7) is 2.99. The fourth-order valence-corrected chi connectivity index (χ4v) is 2.42. The number of hydrogen-bond donors (Lipinski definition) is 1. The molecule has 2 rings (SSSR count). The number of aromatic nitrogens is 2. The van der Waals surface area contributed by atoms with Crippen molar-refractivity contribution in [1.29, 1.82) is 0 Å². The normalized spacial score (nSPS) is 12.3. The summed E-state index contributed by atoms with van der Waals surface area (Å²) in [4.78, 5) is 0. The molecular formula is C13H17N3OS. The summed E-state index contributed by atoms with van der Waals surface area (Å²) in [6.07, 6.45) is 2.68. The number of ether oxygens (including phenoxy) is 1. The van der Waals surface area contributed by atoms with Gasteiger partial charge in [0.1, 0.15) is 5.75 Å². The van der Waals surface area contributed by atoms with Crippen LogP contribution in [0.15, 0.2) is 30.5 Å². The second-order valence-corrected chi connectivity index (χ2v) is 4.52. The van der Waals surface area contributed by atoms with E-state index in [9.17, 15) is 0 Å². The van der Waals surface area contributed by atoms with Gasteiger partial charge in [-0.3, -0.25) is 0 Å². The standard InChI is InChI=1S/C13H17N3OS/c1-3-14-11(12-9-15-18-16-12)8-10-6-4-5-7-13(10)17-2/h4-7,9,11,14H,3,8H2,1-2H3. The molecule has 1 heterocycles. The Kier molecular flexibility index (Phi) is 4.66. The van der Waals surface area contributed by atoms with Crippen molar-refractivity contribution < 1.29 is 4.74 Å². The van der Waals surface area contributed by atoms with E-state index in [-0.39, 0.29) is 6.04 Å². The molecule has 0 spiro atoms. The maximum atomic E-state index is 5.38. The Hall–Kier alpha value is -1.46. The van der Waals surface area contributed by atoms with Crippen LogP contribution in [0.4, 0.5) is 0 Å². The third kappa shape index (κ3) is 3.05. The molecule has 1 atom stereocenters. The van der Waals surface area contributed by atoms with Crippen LogP contribution >= 0.6 is 11.7 Å². The van der Waals surface area contributed by atoms with Crippen molar-refractivity contribution >= 4 is 11.7 Å². The number of likely N-dealkylation sites (N-methyl/N-ethyl adjacent to an activating group) is 1. The lowest BCUT2D eigenvalue weighted by Gasteiger charge is -2.17. The van der Waals surface area contributed by atoms with Crippen LogP contribution in [0.1, 0.15) is 24.2 Å². The number of hydrogen-bond acceptors (Lipinski definition) is 5. The lowest BCUT2D eigenvalue weighted by Crippen LogP contribution is -2.23. The smallest absolute Gasteiger partial charge is 0.122 e. The molecule has 1 unspecified atom stereocenters. The van der Waals surface area contributed by atoms with Crippen molar-refractivity contribution in [2.75, 3.05) is 13.7 Å². The van der Waals surface area contributed by atoms with Gasteiger partial charge in [-0.15, -0.1) is 0 Å². The van der Waals surface area contributed by atoms with Crippen molar-refractivity contribution in [3.8, 4) is 5.75 Å². The Bertz CT molecular complexity index is 473. The average Bonchev–Trinajstić information content (AvgIpc) is 2.92. The lowest BCUT2D eigenvalue weighted by atomic mass is 10.0. The predicted octanol–water partition coefficient (Wildman–Crippen LogP) is 2.44. The minimum atomic E-state index is 0.185. The molecular weight excluding hydrogens is 246 g/mol. The highest BCUT2D eigenvalue weighted by Crippen LogP contribution is 2.24. The molecule has 0 aliphatic heterocycles. The summed E-state index contributed by atoms with van der Waals surface area (Å²) in [5.41, 5.74) is 2.17. The van der Waals surface area contributed by atoms with Gasteiger partial charge in [-0.25, -0.2) is 0 Å². The van der Waals surface area contributed by atoms with E-state index in [0.29, 0.717) is 0 Å². The first-order valence-electron chi connectivity index (χ1n) is 5.98. The van der Waals surface area contributed by atoms with Crippen LogP contribution in [0.5, 0.6) is 5.75 Å². The molecule has 0 saturated heterocycles. The molecule has 1 aromatic heterocycles. The van der Waals surface area contributed by atoms with E-state index in [1.54, 1.807) is 7.11 Å². The zero-order valence-corrected chi connectivity index (χ0v) is 11.4. The molecule has 1 aromatic carbocycles. The Morgan fingerprint density at radius 1 is 1.39 bits per heavy atom. The fraction of sp³-hybridized carbons (Fsp3) is 0.385. The van der Waals surface area contributed by atoms with Gasteiger partial charge in [-0.2, -0.15) is 8.75 Å². The quantitative estimate of drug-likeness (QED) is 0.869. The summed E-state index contributed by atoms with van der Waals surface area (Å²) in [5, 5.41) is 3.43. The highest BCUT2D eigenvalue weighted by molar-refractivity contribution is 6.99. The summed E-state index contributed by atoms with van der Waals surface area (Å²) >= 11 is 1.24. The Balaban J connectivity index is 2.18. The lowest BCUT2D eigenvalue weighted by molar-refractivity contribution is 0.405. The third-order valence-electron chi connectivity index (χ3n) is 2.80. The fourth-order valence-electron chi connectivity index (χ4n) is 1.94. The molecule has 0 bridgehead atoms. The van der Waals surface area contributed by atoms with Gasteiger partial charge in [-0.05, 0) is 24.6 Å². The molecule has 0 aliphatic carbocycles. The molecule has 96 valence electrons. The van der Waals surface area contributed by atoms with Gasteiger partial charge in [0, 0.05) is 0 Å². The number of methoxy groups -OCH3 is 1. The van der Waals surface area contributed by atoms with Gasteiger partial charge < -0.3 is 10.1 Å². The molecule has 18 heavy (non-hydrogen) atoms. The Morgan fingerprint density at radius 2 is 2.22 bits per heavy atom. The van der Waals surface area contributed by atoms with E-state index in [2.05, 4.69) is 27.1 Å². The minimum Gasteiger partial charge on any atom is -0.496 e. The Morgan fingerprint density at radius 3 is 2.89 bits per heavy atom. The molecule has 0 radical (unpaired) electrons. The maximum Gasteiger partial charge on any atom is 0.122 e. The van der Waals surface area contributed by atoms with Gasteiger partial charge in [-0.1, -0.05) is 25.1 Å². The number of nitrogens with one attached hydrogen (secondary N) is 1. The first kappa shape index (κ1) is 13.0.